The third-order valence-electron chi connectivity index (χ3n) is 3.81. The number of hydrogen-bond acceptors (Lipinski definition) is 3. The van der Waals surface area contributed by atoms with Crippen molar-refractivity contribution in [1.82, 2.24) is 5.32 Å². The molecule has 0 radical (unpaired) electrons. The summed E-state index contributed by atoms with van der Waals surface area (Å²) >= 11 is 6.10. The molecule has 2 atom stereocenters. The third kappa shape index (κ3) is 3.13. The van der Waals surface area contributed by atoms with Crippen LogP contribution in [0.15, 0.2) is 18.2 Å². The fourth-order valence-electron chi connectivity index (χ4n) is 2.33. The topological polar surface area (TPSA) is 58.6 Å². The second-order valence-corrected chi connectivity index (χ2v) is 5.58. The maximum atomic E-state index is 12.6. The lowest BCUT2D eigenvalue weighted by Gasteiger charge is -2.35. The lowest BCUT2D eigenvalue weighted by atomic mass is 9.96. The van der Waals surface area contributed by atoms with Gasteiger partial charge in [0.1, 0.15) is 18.3 Å². The largest absolute Gasteiger partial charge is 0.495 e. The van der Waals surface area contributed by atoms with Gasteiger partial charge in [-0.3, -0.25) is 9.59 Å². The first-order chi connectivity index (χ1) is 9.97. The van der Waals surface area contributed by atoms with Gasteiger partial charge in [-0.2, -0.15) is 0 Å². The van der Waals surface area contributed by atoms with E-state index in [1.54, 1.807) is 18.2 Å². The van der Waals surface area contributed by atoms with E-state index in [2.05, 4.69) is 5.32 Å². The molecule has 1 aromatic carbocycles. The zero-order valence-electron chi connectivity index (χ0n) is 12.4. The van der Waals surface area contributed by atoms with Gasteiger partial charge in [-0.05, 0) is 24.1 Å². The molecule has 2 rings (SSSR count). The summed E-state index contributed by atoms with van der Waals surface area (Å²) in [5.74, 6) is 0.350. The number of piperazine rings is 1. The minimum atomic E-state index is -0.489. The molecular formula is C15H19ClN2O3. The van der Waals surface area contributed by atoms with Crippen LogP contribution in [-0.4, -0.2) is 31.5 Å². The molecular weight excluding hydrogens is 292 g/mol. The second-order valence-electron chi connectivity index (χ2n) is 5.17. The first kappa shape index (κ1) is 15.6. The molecule has 1 fully saturated rings. The molecule has 2 amide bonds. The highest BCUT2D eigenvalue weighted by atomic mass is 35.5. The standard InChI is InChI=1S/C15H19ClN2O3/c1-4-9(2)14-15(20)18(8-13(19)17-14)10-5-6-12(21-3)11(16)7-10/h5-7,9,14H,4,8H2,1-3H3,(H,17,19). The van der Waals surface area contributed by atoms with E-state index < -0.39 is 6.04 Å². The van der Waals surface area contributed by atoms with Gasteiger partial charge >= 0.3 is 0 Å². The summed E-state index contributed by atoms with van der Waals surface area (Å²) in [6.07, 6.45) is 0.813. The molecule has 6 heteroatoms. The van der Waals surface area contributed by atoms with Crippen molar-refractivity contribution in [3.63, 3.8) is 0 Å². The predicted molar refractivity (Wildman–Crippen MR) is 81.7 cm³/mol. The Hall–Kier alpha value is -1.75. The Kier molecular flexibility index (Phi) is 4.73. The molecule has 0 spiro atoms. The van der Waals surface area contributed by atoms with Gasteiger partial charge in [-0.25, -0.2) is 0 Å². The Labute approximate surface area is 129 Å². The summed E-state index contributed by atoms with van der Waals surface area (Å²) in [4.78, 5) is 25.9. The summed E-state index contributed by atoms with van der Waals surface area (Å²) in [5, 5.41) is 3.18. The van der Waals surface area contributed by atoms with Crippen molar-refractivity contribution in [3.05, 3.63) is 23.2 Å². The number of rotatable bonds is 4. The van der Waals surface area contributed by atoms with Crippen LogP contribution < -0.4 is 15.0 Å². The molecule has 114 valence electrons. The third-order valence-corrected chi connectivity index (χ3v) is 4.11. The maximum absolute atomic E-state index is 12.6. The van der Waals surface area contributed by atoms with Crippen LogP contribution in [0.25, 0.3) is 0 Å². The van der Waals surface area contributed by atoms with Crippen molar-refractivity contribution >= 4 is 29.1 Å². The van der Waals surface area contributed by atoms with Gasteiger partial charge in [-0.1, -0.05) is 31.9 Å². The van der Waals surface area contributed by atoms with Crippen LogP contribution in [0.2, 0.25) is 5.02 Å². The molecule has 1 saturated heterocycles. The summed E-state index contributed by atoms with van der Waals surface area (Å²) in [6, 6.07) is 4.58. The van der Waals surface area contributed by atoms with E-state index in [9.17, 15) is 9.59 Å². The van der Waals surface area contributed by atoms with Crippen LogP contribution in [0.5, 0.6) is 5.75 Å². The van der Waals surface area contributed by atoms with Crippen molar-refractivity contribution in [2.75, 3.05) is 18.6 Å². The average molecular weight is 311 g/mol. The number of ether oxygens (including phenoxy) is 1. The molecule has 21 heavy (non-hydrogen) atoms. The van der Waals surface area contributed by atoms with Crippen LogP contribution in [0.4, 0.5) is 5.69 Å². The van der Waals surface area contributed by atoms with E-state index in [4.69, 9.17) is 16.3 Å². The number of carbonyl (C=O) groups excluding carboxylic acids is 2. The SMILES string of the molecule is CCC(C)C1NC(=O)CN(c2ccc(OC)c(Cl)c2)C1=O. The minimum absolute atomic E-state index is 0.00836. The molecule has 0 aromatic heterocycles. The number of carbonyl (C=O) groups is 2. The Balaban J connectivity index is 2.31. The van der Waals surface area contributed by atoms with E-state index in [1.807, 2.05) is 13.8 Å². The van der Waals surface area contributed by atoms with Gasteiger partial charge in [0.15, 0.2) is 0 Å². The summed E-state index contributed by atoms with van der Waals surface area (Å²) in [5.41, 5.74) is 0.606. The molecule has 1 aliphatic heterocycles. The summed E-state index contributed by atoms with van der Waals surface area (Å²) in [6.45, 7) is 3.95. The highest BCUT2D eigenvalue weighted by Crippen LogP contribution is 2.30. The lowest BCUT2D eigenvalue weighted by molar-refractivity contribution is -0.132. The first-order valence-electron chi connectivity index (χ1n) is 6.92. The fraction of sp³-hybridized carbons (Fsp3) is 0.467. The van der Waals surface area contributed by atoms with Crippen LogP contribution >= 0.6 is 11.6 Å². The number of hydrogen-bond donors (Lipinski definition) is 1. The van der Waals surface area contributed by atoms with Gasteiger partial charge in [-0.15, -0.1) is 0 Å². The fourth-order valence-corrected chi connectivity index (χ4v) is 2.59. The van der Waals surface area contributed by atoms with Crippen LogP contribution in [0.1, 0.15) is 20.3 Å². The van der Waals surface area contributed by atoms with Gasteiger partial charge in [0.2, 0.25) is 11.8 Å². The highest BCUT2D eigenvalue weighted by molar-refractivity contribution is 6.32. The van der Waals surface area contributed by atoms with Gasteiger partial charge < -0.3 is 15.0 Å². The number of nitrogens with zero attached hydrogens (tertiary/aromatic N) is 1. The number of amides is 2. The molecule has 1 aromatic rings. The van der Waals surface area contributed by atoms with Crippen molar-refractivity contribution in [3.8, 4) is 5.75 Å². The smallest absolute Gasteiger partial charge is 0.250 e. The first-order valence-corrected chi connectivity index (χ1v) is 7.30. The second kappa shape index (κ2) is 6.35. The van der Waals surface area contributed by atoms with Crippen LogP contribution in [0, 0.1) is 5.92 Å². The normalized spacial score (nSPS) is 20.2. The average Bonchev–Trinajstić information content (AvgIpc) is 2.48. The zero-order valence-corrected chi connectivity index (χ0v) is 13.1. The molecule has 1 aliphatic rings. The van der Waals surface area contributed by atoms with E-state index in [1.165, 1.54) is 12.0 Å². The molecule has 1 heterocycles. The molecule has 0 bridgehead atoms. The Morgan fingerprint density at radius 2 is 2.19 bits per heavy atom. The lowest BCUT2D eigenvalue weighted by Crippen LogP contribution is -2.60. The van der Waals surface area contributed by atoms with Crippen molar-refractivity contribution in [2.45, 2.75) is 26.3 Å². The Morgan fingerprint density at radius 3 is 2.76 bits per heavy atom. The van der Waals surface area contributed by atoms with E-state index in [0.29, 0.717) is 16.5 Å². The monoisotopic (exact) mass is 310 g/mol. The van der Waals surface area contributed by atoms with E-state index in [0.717, 1.165) is 6.42 Å². The molecule has 0 aliphatic carbocycles. The van der Waals surface area contributed by atoms with Gasteiger partial charge in [0, 0.05) is 5.69 Å². The van der Waals surface area contributed by atoms with Crippen molar-refractivity contribution in [1.29, 1.82) is 0 Å². The number of benzene rings is 1. The zero-order chi connectivity index (χ0) is 15.6. The minimum Gasteiger partial charge on any atom is -0.495 e. The Morgan fingerprint density at radius 1 is 1.48 bits per heavy atom. The molecule has 0 saturated carbocycles. The number of anilines is 1. The molecule has 1 N–H and O–H groups in total. The summed E-state index contributed by atoms with van der Waals surface area (Å²) in [7, 11) is 1.53. The van der Waals surface area contributed by atoms with Gasteiger partial charge in [0.05, 0.1) is 12.1 Å². The van der Waals surface area contributed by atoms with Crippen LogP contribution in [0.3, 0.4) is 0 Å². The van der Waals surface area contributed by atoms with Gasteiger partial charge in [0.25, 0.3) is 0 Å². The van der Waals surface area contributed by atoms with Crippen molar-refractivity contribution in [2.24, 2.45) is 5.92 Å². The molecule has 5 nitrogen and oxygen atoms in total. The molecule has 2 unspecified atom stereocenters. The number of halogens is 1. The van der Waals surface area contributed by atoms with Crippen molar-refractivity contribution < 1.29 is 14.3 Å². The quantitative estimate of drug-likeness (QED) is 0.927. The van der Waals surface area contributed by atoms with Crippen LogP contribution in [-0.2, 0) is 9.59 Å². The highest BCUT2D eigenvalue weighted by Gasteiger charge is 2.36. The number of nitrogens with one attached hydrogen (secondary N) is 1. The predicted octanol–water partition coefficient (Wildman–Crippen LogP) is 2.23. The van der Waals surface area contributed by atoms with E-state index >= 15 is 0 Å². The Bertz CT molecular complexity index is 562. The maximum Gasteiger partial charge on any atom is 0.250 e. The number of methoxy groups -OCH3 is 1. The van der Waals surface area contributed by atoms with E-state index in [-0.39, 0.29) is 24.3 Å². The summed E-state index contributed by atoms with van der Waals surface area (Å²) < 4.78 is 5.10.